The Balaban J connectivity index is 3.04. The summed E-state index contributed by atoms with van der Waals surface area (Å²) in [5.74, 6) is 2.15. The van der Waals surface area contributed by atoms with Gasteiger partial charge in [0, 0.05) is 23.1 Å². The maximum absolute atomic E-state index is 6.02. The first-order valence-electron chi connectivity index (χ1n) is 7.01. The Kier molecular flexibility index (Phi) is 4.64. The van der Waals surface area contributed by atoms with Crippen LogP contribution < -0.4 is 11.1 Å². The van der Waals surface area contributed by atoms with Gasteiger partial charge in [-0.25, -0.2) is 9.97 Å². The third kappa shape index (κ3) is 3.82. The minimum absolute atomic E-state index is 0.0358. The summed E-state index contributed by atoms with van der Waals surface area (Å²) in [5.41, 5.74) is 6.85. The van der Waals surface area contributed by atoms with Gasteiger partial charge in [0.25, 0.3) is 0 Å². The highest BCUT2D eigenvalue weighted by Crippen LogP contribution is 2.25. The summed E-state index contributed by atoms with van der Waals surface area (Å²) in [7, 11) is 4.15. The number of likely N-dealkylation sites (N-methyl/N-ethyl adjacent to an activating group) is 1. The molecule has 5 heteroatoms. The Morgan fingerprint density at radius 3 is 2.10 bits per heavy atom. The van der Waals surface area contributed by atoms with Crippen LogP contribution in [0.25, 0.3) is 0 Å². The predicted octanol–water partition coefficient (Wildman–Crippen LogP) is 2.42. The van der Waals surface area contributed by atoms with E-state index in [1.165, 1.54) is 0 Å². The lowest BCUT2D eigenvalue weighted by atomic mass is 9.95. The number of nitrogens with two attached hydrogens (primary N) is 1. The molecule has 0 radical (unpaired) electrons. The van der Waals surface area contributed by atoms with E-state index in [-0.39, 0.29) is 11.0 Å². The molecule has 0 aliphatic rings. The van der Waals surface area contributed by atoms with Gasteiger partial charge < -0.3 is 16.0 Å². The van der Waals surface area contributed by atoms with Gasteiger partial charge >= 0.3 is 0 Å². The number of rotatable bonds is 4. The molecule has 3 N–H and O–H groups in total. The second-order valence-electron chi connectivity index (χ2n) is 7.22. The molecule has 0 aliphatic carbocycles. The molecular weight excluding hydrogens is 250 g/mol. The van der Waals surface area contributed by atoms with Crippen molar-refractivity contribution in [3.63, 3.8) is 0 Å². The van der Waals surface area contributed by atoms with Crippen LogP contribution in [0.5, 0.6) is 0 Å². The second-order valence-corrected chi connectivity index (χ2v) is 7.22. The summed E-state index contributed by atoms with van der Waals surface area (Å²) >= 11 is 0. The number of hydrogen-bond donors (Lipinski definition) is 2. The molecule has 5 nitrogen and oxygen atoms in total. The largest absolute Gasteiger partial charge is 0.383 e. The lowest BCUT2D eigenvalue weighted by Gasteiger charge is -2.33. The van der Waals surface area contributed by atoms with Crippen molar-refractivity contribution in [2.24, 2.45) is 0 Å². The number of nitrogen functional groups attached to an aromatic ring is 1. The Morgan fingerprint density at radius 2 is 1.65 bits per heavy atom. The minimum Gasteiger partial charge on any atom is -0.383 e. The quantitative estimate of drug-likeness (QED) is 0.886. The fourth-order valence-electron chi connectivity index (χ4n) is 1.50. The summed E-state index contributed by atoms with van der Waals surface area (Å²) in [6.45, 7) is 13.4. The Hall–Kier alpha value is -1.36. The molecule has 1 heterocycles. The molecule has 1 aromatic heterocycles. The first-order valence-corrected chi connectivity index (χ1v) is 7.01. The van der Waals surface area contributed by atoms with Crippen LogP contribution in [-0.2, 0) is 5.41 Å². The summed E-state index contributed by atoms with van der Waals surface area (Å²) < 4.78 is 0. The van der Waals surface area contributed by atoms with Gasteiger partial charge in [0.2, 0.25) is 0 Å². The van der Waals surface area contributed by atoms with E-state index >= 15 is 0 Å². The van der Waals surface area contributed by atoms with Crippen LogP contribution in [0.15, 0.2) is 0 Å². The van der Waals surface area contributed by atoms with Gasteiger partial charge in [-0.2, -0.15) is 0 Å². The van der Waals surface area contributed by atoms with Gasteiger partial charge in [-0.05, 0) is 34.9 Å². The normalized spacial score (nSPS) is 12.8. The molecule has 20 heavy (non-hydrogen) atoms. The molecule has 0 bridgehead atoms. The zero-order valence-corrected chi connectivity index (χ0v) is 14.1. The van der Waals surface area contributed by atoms with E-state index in [0.29, 0.717) is 5.82 Å². The number of hydrogen-bond acceptors (Lipinski definition) is 5. The van der Waals surface area contributed by atoms with Crippen LogP contribution >= 0.6 is 0 Å². The minimum atomic E-state index is -0.116. The van der Waals surface area contributed by atoms with Crippen LogP contribution in [0.4, 0.5) is 11.6 Å². The topological polar surface area (TPSA) is 67.1 Å². The molecule has 0 amide bonds. The zero-order chi connectivity index (χ0) is 15.7. The SMILES string of the molecule is Cc1c(N)nc(C(C)(C)C)nc1NCC(C)(C)N(C)C. The Bertz CT molecular complexity index is 472. The monoisotopic (exact) mass is 279 g/mol. The number of nitrogens with zero attached hydrogens (tertiary/aromatic N) is 3. The third-order valence-electron chi connectivity index (χ3n) is 3.75. The van der Waals surface area contributed by atoms with Crippen LogP contribution in [-0.4, -0.2) is 41.0 Å². The summed E-state index contributed by atoms with van der Waals surface area (Å²) in [4.78, 5) is 11.2. The summed E-state index contributed by atoms with van der Waals surface area (Å²) in [6.07, 6.45) is 0. The molecule has 0 spiro atoms. The van der Waals surface area contributed by atoms with Crippen molar-refractivity contribution in [3.05, 3.63) is 11.4 Å². The molecular formula is C15H29N5. The maximum Gasteiger partial charge on any atom is 0.138 e. The molecule has 1 aromatic rings. The van der Waals surface area contributed by atoms with E-state index in [1.807, 2.05) is 6.92 Å². The van der Waals surface area contributed by atoms with Gasteiger partial charge in [0.15, 0.2) is 0 Å². The molecule has 0 saturated carbocycles. The number of anilines is 2. The lowest BCUT2D eigenvalue weighted by molar-refractivity contribution is 0.210. The van der Waals surface area contributed by atoms with E-state index in [0.717, 1.165) is 23.8 Å². The van der Waals surface area contributed by atoms with E-state index < -0.39 is 0 Å². The van der Waals surface area contributed by atoms with Gasteiger partial charge in [0.05, 0.1) is 0 Å². The van der Waals surface area contributed by atoms with Crippen LogP contribution in [0.3, 0.4) is 0 Å². The van der Waals surface area contributed by atoms with Gasteiger partial charge in [-0.1, -0.05) is 20.8 Å². The third-order valence-corrected chi connectivity index (χ3v) is 3.75. The average molecular weight is 279 g/mol. The highest BCUT2D eigenvalue weighted by Gasteiger charge is 2.23. The van der Waals surface area contributed by atoms with Crippen molar-refractivity contribution in [2.75, 3.05) is 31.7 Å². The fraction of sp³-hybridized carbons (Fsp3) is 0.733. The smallest absolute Gasteiger partial charge is 0.138 e. The lowest BCUT2D eigenvalue weighted by Crippen LogP contribution is -2.44. The van der Waals surface area contributed by atoms with Crippen molar-refractivity contribution in [1.82, 2.24) is 14.9 Å². The highest BCUT2D eigenvalue weighted by atomic mass is 15.2. The molecule has 1 rings (SSSR count). The first-order chi connectivity index (χ1) is 8.95. The second kappa shape index (κ2) is 5.56. The highest BCUT2D eigenvalue weighted by molar-refractivity contribution is 5.55. The van der Waals surface area contributed by atoms with E-state index in [1.54, 1.807) is 0 Å². The molecule has 0 unspecified atom stereocenters. The summed E-state index contributed by atoms with van der Waals surface area (Å²) in [6, 6.07) is 0. The fourth-order valence-corrected chi connectivity index (χ4v) is 1.50. The van der Waals surface area contributed by atoms with Crippen molar-refractivity contribution in [3.8, 4) is 0 Å². The Labute approximate surface area is 123 Å². The van der Waals surface area contributed by atoms with Crippen molar-refractivity contribution in [2.45, 2.75) is 52.5 Å². The summed E-state index contributed by atoms with van der Waals surface area (Å²) in [5, 5.41) is 3.42. The van der Waals surface area contributed by atoms with Gasteiger partial charge in [-0.3, -0.25) is 0 Å². The number of nitrogens with one attached hydrogen (secondary N) is 1. The molecule has 0 fully saturated rings. The molecule has 0 saturated heterocycles. The average Bonchev–Trinajstić information content (AvgIpc) is 2.29. The van der Waals surface area contributed by atoms with Crippen molar-refractivity contribution < 1.29 is 0 Å². The van der Waals surface area contributed by atoms with E-state index in [9.17, 15) is 0 Å². The van der Waals surface area contributed by atoms with Crippen molar-refractivity contribution >= 4 is 11.6 Å². The first kappa shape index (κ1) is 16.7. The van der Waals surface area contributed by atoms with Crippen LogP contribution in [0, 0.1) is 6.92 Å². The van der Waals surface area contributed by atoms with Crippen LogP contribution in [0.2, 0.25) is 0 Å². The van der Waals surface area contributed by atoms with E-state index in [4.69, 9.17) is 5.73 Å². The molecule has 0 atom stereocenters. The molecule has 0 aliphatic heterocycles. The molecule has 114 valence electrons. The molecule has 0 aromatic carbocycles. The maximum atomic E-state index is 6.02. The van der Waals surface area contributed by atoms with E-state index in [2.05, 4.69) is 68.9 Å². The van der Waals surface area contributed by atoms with Gasteiger partial charge in [0.1, 0.15) is 17.5 Å². The number of aromatic nitrogens is 2. The predicted molar refractivity (Wildman–Crippen MR) is 86.1 cm³/mol. The Morgan fingerprint density at radius 1 is 1.10 bits per heavy atom. The van der Waals surface area contributed by atoms with Crippen molar-refractivity contribution in [1.29, 1.82) is 0 Å². The van der Waals surface area contributed by atoms with Crippen LogP contribution in [0.1, 0.15) is 46.0 Å². The van der Waals surface area contributed by atoms with Gasteiger partial charge in [-0.15, -0.1) is 0 Å². The zero-order valence-electron chi connectivity index (χ0n) is 14.1. The standard InChI is InChI=1S/C15H29N5/c1-10-11(16)18-13(14(2,3)4)19-12(10)17-9-15(5,6)20(7)8/h9H2,1-8H3,(H3,16,17,18,19).